The summed E-state index contributed by atoms with van der Waals surface area (Å²) in [7, 11) is -4.61. The van der Waals surface area contributed by atoms with E-state index in [0.717, 1.165) is 12.1 Å². The minimum atomic E-state index is -4.61. The Bertz CT molecular complexity index is 713. The summed E-state index contributed by atoms with van der Waals surface area (Å²) in [6, 6.07) is 7.87. The van der Waals surface area contributed by atoms with Gasteiger partial charge in [-0.2, -0.15) is 0 Å². The smallest absolute Gasteiger partial charge is 0.744 e. The number of fused-ring (bicyclic) bond motifs is 1. The Morgan fingerprint density at radius 1 is 1.11 bits per heavy atom. The van der Waals surface area contributed by atoms with Crippen molar-refractivity contribution in [1.82, 2.24) is 0 Å². The summed E-state index contributed by atoms with van der Waals surface area (Å²) in [6.07, 6.45) is 0. The first-order valence-corrected chi connectivity index (χ1v) is 5.93. The Labute approximate surface area is 145 Å². The number of nitrogens with zero attached hydrogens (tertiary/aromatic N) is 1. The molecular formula is C10H6KNO5S. The van der Waals surface area contributed by atoms with E-state index in [2.05, 4.69) is 0 Å². The van der Waals surface area contributed by atoms with E-state index in [-0.39, 0.29) is 62.5 Å². The summed E-state index contributed by atoms with van der Waals surface area (Å²) >= 11 is 0. The third kappa shape index (κ3) is 3.15. The second kappa shape index (κ2) is 5.74. The van der Waals surface area contributed by atoms with Crippen molar-refractivity contribution >= 4 is 26.6 Å². The molecule has 0 fully saturated rings. The van der Waals surface area contributed by atoms with Crippen LogP contribution in [0.5, 0.6) is 0 Å². The zero-order chi connectivity index (χ0) is 12.6. The quantitative estimate of drug-likeness (QED) is 0.295. The number of nitro groups is 1. The molecule has 2 aromatic carbocycles. The van der Waals surface area contributed by atoms with Crippen LogP contribution in [-0.4, -0.2) is 17.9 Å². The Kier molecular flexibility index (Phi) is 5.01. The summed E-state index contributed by atoms with van der Waals surface area (Å²) in [5, 5.41) is 11.4. The molecule has 0 N–H and O–H groups in total. The molecule has 0 heterocycles. The maximum absolute atomic E-state index is 10.8. The summed E-state index contributed by atoms with van der Waals surface area (Å²) in [5.74, 6) is 0. The number of nitro benzene ring substituents is 1. The van der Waals surface area contributed by atoms with Gasteiger partial charge in [-0.3, -0.25) is 10.1 Å². The molecule has 0 aliphatic rings. The van der Waals surface area contributed by atoms with Gasteiger partial charge in [0.05, 0.1) is 15.2 Å². The third-order valence-electron chi connectivity index (χ3n) is 2.32. The van der Waals surface area contributed by atoms with Gasteiger partial charge in [0.1, 0.15) is 10.1 Å². The van der Waals surface area contributed by atoms with Crippen molar-refractivity contribution in [1.29, 1.82) is 0 Å². The SMILES string of the molecule is O=[N+]([O-])c1cccc2ccc(S(=O)(=O)[O-])cc12.[K+]. The summed E-state index contributed by atoms with van der Waals surface area (Å²) in [6.45, 7) is 0. The Hall–Kier alpha value is -0.354. The van der Waals surface area contributed by atoms with Crippen molar-refractivity contribution in [3.63, 3.8) is 0 Å². The number of benzene rings is 2. The third-order valence-corrected chi connectivity index (χ3v) is 3.15. The van der Waals surface area contributed by atoms with Gasteiger partial charge in [0.2, 0.25) is 0 Å². The molecule has 0 saturated heterocycles. The van der Waals surface area contributed by atoms with Crippen molar-refractivity contribution in [2.75, 3.05) is 0 Å². The minimum absolute atomic E-state index is 0. The molecule has 0 aliphatic heterocycles. The first-order chi connectivity index (χ1) is 7.89. The van der Waals surface area contributed by atoms with Crippen molar-refractivity contribution in [2.45, 2.75) is 4.90 Å². The largest absolute Gasteiger partial charge is 1.00 e. The maximum atomic E-state index is 10.8. The number of hydrogen-bond donors (Lipinski definition) is 0. The second-order valence-electron chi connectivity index (χ2n) is 3.37. The van der Waals surface area contributed by atoms with Crippen molar-refractivity contribution < 1.29 is 69.3 Å². The van der Waals surface area contributed by atoms with Crippen LogP contribution in [0.2, 0.25) is 0 Å². The normalized spacial score (nSPS) is 10.9. The van der Waals surface area contributed by atoms with Gasteiger partial charge in [0.15, 0.2) is 0 Å². The molecule has 0 radical (unpaired) electrons. The Morgan fingerprint density at radius 3 is 2.33 bits per heavy atom. The van der Waals surface area contributed by atoms with Crippen LogP contribution < -0.4 is 51.4 Å². The average molecular weight is 291 g/mol. The standard InChI is InChI=1S/C10H7NO5S.K/c12-11(13)10-3-1-2-7-4-5-8(6-9(7)10)17(14,15)16;/h1-6H,(H,14,15,16);/q;+1/p-1. The molecule has 0 unspecified atom stereocenters. The zero-order valence-electron chi connectivity index (χ0n) is 9.36. The van der Waals surface area contributed by atoms with Crippen LogP contribution in [0, 0.1) is 10.1 Å². The molecule has 0 saturated carbocycles. The predicted molar refractivity (Wildman–Crippen MR) is 58.6 cm³/mol. The summed E-state index contributed by atoms with van der Waals surface area (Å²) in [5.41, 5.74) is -0.229. The van der Waals surface area contributed by atoms with E-state index in [9.17, 15) is 23.1 Å². The predicted octanol–water partition coefficient (Wildman–Crippen LogP) is -1.34. The first-order valence-electron chi connectivity index (χ1n) is 4.52. The maximum Gasteiger partial charge on any atom is 1.00 e. The van der Waals surface area contributed by atoms with Gasteiger partial charge in [0, 0.05) is 6.07 Å². The van der Waals surface area contributed by atoms with E-state index in [1.165, 1.54) is 18.2 Å². The van der Waals surface area contributed by atoms with Crippen LogP contribution in [0.3, 0.4) is 0 Å². The van der Waals surface area contributed by atoms with Gasteiger partial charge in [0.25, 0.3) is 5.69 Å². The summed E-state index contributed by atoms with van der Waals surface area (Å²) in [4.78, 5) is 9.66. The van der Waals surface area contributed by atoms with Crippen LogP contribution >= 0.6 is 0 Å². The Balaban J connectivity index is 0.00000162. The molecule has 8 heteroatoms. The van der Waals surface area contributed by atoms with Gasteiger partial charge in [-0.15, -0.1) is 0 Å². The fourth-order valence-corrected chi connectivity index (χ4v) is 2.05. The van der Waals surface area contributed by atoms with Gasteiger partial charge in [-0.25, -0.2) is 8.42 Å². The molecule has 2 aromatic rings. The molecule has 0 bridgehead atoms. The van der Waals surface area contributed by atoms with E-state index < -0.39 is 19.9 Å². The van der Waals surface area contributed by atoms with E-state index >= 15 is 0 Å². The van der Waals surface area contributed by atoms with Crippen molar-refractivity contribution in [3.8, 4) is 0 Å². The van der Waals surface area contributed by atoms with Crippen LogP contribution in [0.25, 0.3) is 10.8 Å². The Morgan fingerprint density at radius 2 is 1.78 bits per heavy atom. The van der Waals surface area contributed by atoms with Crippen LogP contribution in [0.15, 0.2) is 41.3 Å². The van der Waals surface area contributed by atoms with Crippen LogP contribution in [0.4, 0.5) is 5.69 Å². The molecule has 0 aliphatic carbocycles. The fourth-order valence-electron chi connectivity index (χ4n) is 1.55. The van der Waals surface area contributed by atoms with Crippen LogP contribution in [0.1, 0.15) is 0 Å². The van der Waals surface area contributed by atoms with Gasteiger partial charge in [-0.05, 0) is 17.5 Å². The number of hydrogen-bond acceptors (Lipinski definition) is 5. The van der Waals surface area contributed by atoms with Crippen molar-refractivity contribution in [2.24, 2.45) is 0 Å². The average Bonchev–Trinajstić information content (AvgIpc) is 2.26. The minimum Gasteiger partial charge on any atom is -0.744 e. The molecule has 2 rings (SSSR count). The molecule has 6 nitrogen and oxygen atoms in total. The molecule has 0 aromatic heterocycles. The fraction of sp³-hybridized carbons (Fsp3) is 0. The van der Waals surface area contributed by atoms with Gasteiger partial charge >= 0.3 is 51.4 Å². The van der Waals surface area contributed by atoms with E-state index in [1.807, 2.05) is 0 Å². The number of non-ortho nitro benzene ring substituents is 1. The molecule has 0 spiro atoms. The monoisotopic (exact) mass is 291 g/mol. The van der Waals surface area contributed by atoms with Gasteiger partial charge in [-0.1, -0.05) is 18.2 Å². The molecule has 88 valence electrons. The number of rotatable bonds is 2. The molecule has 18 heavy (non-hydrogen) atoms. The van der Waals surface area contributed by atoms with Gasteiger partial charge < -0.3 is 4.55 Å². The second-order valence-corrected chi connectivity index (χ2v) is 4.75. The molecule has 0 amide bonds. The molecule has 0 atom stereocenters. The summed E-state index contributed by atoms with van der Waals surface area (Å²) < 4.78 is 32.5. The zero-order valence-corrected chi connectivity index (χ0v) is 13.3. The van der Waals surface area contributed by atoms with E-state index in [1.54, 1.807) is 6.07 Å². The van der Waals surface area contributed by atoms with E-state index in [0.29, 0.717) is 5.39 Å². The first kappa shape index (κ1) is 15.7. The van der Waals surface area contributed by atoms with Crippen molar-refractivity contribution in [3.05, 3.63) is 46.5 Å². The molecular weight excluding hydrogens is 285 g/mol. The topological polar surface area (TPSA) is 100 Å². The van der Waals surface area contributed by atoms with E-state index in [4.69, 9.17) is 0 Å². The van der Waals surface area contributed by atoms with Crippen LogP contribution in [-0.2, 0) is 10.1 Å².